The van der Waals surface area contributed by atoms with E-state index >= 15 is 0 Å². The molecule has 0 saturated carbocycles. The summed E-state index contributed by atoms with van der Waals surface area (Å²) in [5.41, 5.74) is 0.282. The molecule has 1 saturated heterocycles. The van der Waals surface area contributed by atoms with E-state index in [-0.39, 0.29) is 35.9 Å². The Morgan fingerprint density at radius 1 is 1.30 bits per heavy atom. The van der Waals surface area contributed by atoms with E-state index in [0.717, 1.165) is 0 Å². The van der Waals surface area contributed by atoms with E-state index in [2.05, 4.69) is 0 Å². The minimum Gasteiger partial charge on any atom is -0.507 e. The second-order valence-electron chi connectivity index (χ2n) is 4.71. The minimum atomic E-state index is -1.31. The smallest absolute Gasteiger partial charge is 0.339 e. The number of aliphatic carboxylic acids is 1. The van der Waals surface area contributed by atoms with Gasteiger partial charge in [-0.05, 0) is 24.6 Å². The van der Waals surface area contributed by atoms with Crippen molar-refractivity contribution in [2.24, 2.45) is 5.92 Å². The van der Waals surface area contributed by atoms with Crippen molar-refractivity contribution in [3.63, 3.8) is 0 Å². The quantitative estimate of drug-likeness (QED) is 0.755. The van der Waals surface area contributed by atoms with Crippen LogP contribution in [0.4, 0.5) is 5.69 Å². The first kappa shape index (κ1) is 13.9. The van der Waals surface area contributed by atoms with Gasteiger partial charge in [0.1, 0.15) is 11.3 Å². The van der Waals surface area contributed by atoms with Gasteiger partial charge in [0, 0.05) is 18.7 Å². The van der Waals surface area contributed by atoms with E-state index in [4.69, 9.17) is 10.2 Å². The Balaban J connectivity index is 2.41. The Morgan fingerprint density at radius 2 is 1.95 bits per heavy atom. The third-order valence-electron chi connectivity index (χ3n) is 3.30. The third kappa shape index (κ3) is 2.29. The van der Waals surface area contributed by atoms with Crippen molar-refractivity contribution in [2.75, 3.05) is 11.4 Å². The third-order valence-corrected chi connectivity index (χ3v) is 3.30. The monoisotopic (exact) mass is 279 g/mol. The molecule has 106 valence electrons. The summed E-state index contributed by atoms with van der Waals surface area (Å²) in [5.74, 6) is -3.91. The molecule has 1 aliphatic rings. The van der Waals surface area contributed by atoms with Crippen molar-refractivity contribution in [1.29, 1.82) is 0 Å². The van der Waals surface area contributed by atoms with E-state index in [9.17, 15) is 19.5 Å². The topological polar surface area (TPSA) is 115 Å². The minimum absolute atomic E-state index is 0.00254. The van der Waals surface area contributed by atoms with Crippen LogP contribution in [0.5, 0.6) is 5.75 Å². The summed E-state index contributed by atoms with van der Waals surface area (Å²) < 4.78 is 0. The van der Waals surface area contributed by atoms with Crippen LogP contribution >= 0.6 is 0 Å². The van der Waals surface area contributed by atoms with Gasteiger partial charge < -0.3 is 20.2 Å². The number of phenols is 1. The van der Waals surface area contributed by atoms with E-state index in [1.54, 1.807) is 0 Å². The summed E-state index contributed by atoms with van der Waals surface area (Å²) in [7, 11) is 0. The zero-order valence-electron chi connectivity index (χ0n) is 10.7. The molecule has 1 heterocycles. The molecule has 20 heavy (non-hydrogen) atoms. The predicted octanol–water partition coefficient (Wildman–Crippen LogP) is 0.836. The van der Waals surface area contributed by atoms with Crippen LogP contribution in [0.1, 0.15) is 22.3 Å². The fraction of sp³-hybridized carbons (Fsp3) is 0.308. The van der Waals surface area contributed by atoms with Crippen molar-refractivity contribution in [3.8, 4) is 5.75 Å². The first-order chi connectivity index (χ1) is 9.31. The van der Waals surface area contributed by atoms with Crippen LogP contribution in [0.25, 0.3) is 0 Å². The molecule has 1 atom stereocenters. The highest BCUT2D eigenvalue weighted by molar-refractivity contribution is 6.01. The molecule has 2 rings (SSSR count). The molecular formula is C13H13NO6. The summed E-state index contributed by atoms with van der Waals surface area (Å²) in [4.78, 5) is 35.0. The van der Waals surface area contributed by atoms with Crippen LogP contribution < -0.4 is 4.90 Å². The van der Waals surface area contributed by atoms with Gasteiger partial charge in [-0.15, -0.1) is 0 Å². The lowest BCUT2D eigenvalue weighted by molar-refractivity contribution is -0.141. The highest BCUT2D eigenvalue weighted by Crippen LogP contribution is 2.32. The van der Waals surface area contributed by atoms with Gasteiger partial charge in [0.25, 0.3) is 0 Å². The highest BCUT2D eigenvalue weighted by atomic mass is 16.4. The maximum Gasteiger partial charge on any atom is 0.339 e. The Labute approximate surface area is 114 Å². The number of amides is 1. The van der Waals surface area contributed by atoms with Crippen molar-refractivity contribution < 1.29 is 29.7 Å². The standard InChI is InChI=1S/C13H13NO6/c1-6-2-8(4-9(11(6)16)13(19)20)14-5-7(12(17)18)3-10(14)15/h2,4,7,16H,3,5H2,1H3,(H,17,18)(H,19,20). The molecule has 0 aliphatic carbocycles. The molecule has 1 aliphatic heterocycles. The van der Waals surface area contributed by atoms with Gasteiger partial charge in [0.05, 0.1) is 5.92 Å². The summed E-state index contributed by atoms with van der Waals surface area (Å²) in [6, 6.07) is 2.64. The van der Waals surface area contributed by atoms with Gasteiger partial charge in [0.15, 0.2) is 0 Å². The van der Waals surface area contributed by atoms with Crippen LogP contribution in [0, 0.1) is 12.8 Å². The molecule has 1 fully saturated rings. The summed E-state index contributed by atoms with van der Waals surface area (Å²) in [6.45, 7) is 1.51. The van der Waals surface area contributed by atoms with Crippen LogP contribution in [0.15, 0.2) is 12.1 Å². The first-order valence-corrected chi connectivity index (χ1v) is 5.91. The van der Waals surface area contributed by atoms with Crippen molar-refractivity contribution >= 4 is 23.5 Å². The Morgan fingerprint density at radius 3 is 2.45 bits per heavy atom. The molecular weight excluding hydrogens is 266 g/mol. The van der Waals surface area contributed by atoms with E-state index < -0.39 is 17.9 Å². The van der Waals surface area contributed by atoms with E-state index in [0.29, 0.717) is 5.56 Å². The molecule has 0 aromatic heterocycles. The molecule has 0 spiro atoms. The first-order valence-electron chi connectivity index (χ1n) is 5.91. The zero-order valence-corrected chi connectivity index (χ0v) is 10.7. The number of aromatic hydroxyl groups is 1. The maximum absolute atomic E-state index is 11.8. The molecule has 0 radical (unpaired) electrons. The van der Waals surface area contributed by atoms with Crippen LogP contribution in [-0.4, -0.2) is 39.7 Å². The predicted molar refractivity (Wildman–Crippen MR) is 67.9 cm³/mol. The number of carbonyl (C=O) groups is 3. The van der Waals surface area contributed by atoms with Gasteiger partial charge in [-0.1, -0.05) is 0 Å². The normalized spacial score (nSPS) is 18.4. The van der Waals surface area contributed by atoms with E-state index in [1.807, 2.05) is 0 Å². The number of carbonyl (C=O) groups excluding carboxylic acids is 1. The second-order valence-corrected chi connectivity index (χ2v) is 4.71. The van der Waals surface area contributed by atoms with Crippen molar-refractivity contribution in [3.05, 3.63) is 23.3 Å². The fourth-order valence-electron chi connectivity index (χ4n) is 2.20. The average Bonchev–Trinajstić information content (AvgIpc) is 2.74. The zero-order chi connectivity index (χ0) is 15.0. The summed E-state index contributed by atoms with van der Waals surface area (Å²) >= 11 is 0. The average molecular weight is 279 g/mol. The SMILES string of the molecule is Cc1cc(N2CC(C(=O)O)CC2=O)cc(C(=O)O)c1O. The number of aromatic carboxylic acids is 1. The number of nitrogens with zero attached hydrogens (tertiary/aromatic N) is 1. The van der Waals surface area contributed by atoms with E-state index in [1.165, 1.54) is 24.0 Å². The van der Waals surface area contributed by atoms with Gasteiger partial charge in [-0.25, -0.2) is 4.79 Å². The molecule has 1 aromatic rings. The summed E-state index contributed by atoms with van der Waals surface area (Å²) in [6.07, 6.45) is -0.113. The second kappa shape index (κ2) is 4.84. The van der Waals surface area contributed by atoms with Gasteiger partial charge in [0.2, 0.25) is 5.91 Å². The van der Waals surface area contributed by atoms with Crippen molar-refractivity contribution in [1.82, 2.24) is 0 Å². The Hall–Kier alpha value is -2.57. The number of carboxylic acids is 2. The molecule has 1 amide bonds. The Bertz CT molecular complexity index is 609. The van der Waals surface area contributed by atoms with Crippen LogP contribution in [0.2, 0.25) is 0 Å². The number of rotatable bonds is 3. The number of hydrogen-bond donors (Lipinski definition) is 3. The number of carboxylic acid groups (broad SMARTS) is 2. The van der Waals surface area contributed by atoms with Gasteiger partial charge in [-0.3, -0.25) is 9.59 Å². The number of anilines is 1. The lowest BCUT2D eigenvalue weighted by Crippen LogP contribution is -2.26. The van der Waals surface area contributed by atoms with Gasteiger partial charge in [-0.2, -0.15) is 0 Å². The molecule has 1 aromatic carbocycles. The lowest BCUT2D eigenvalue weighted by atomic mass is 10.1. The number of hydrogen-bond acceptors (Lipinski definition) is 4. The maximum atomic E-state index is 11.8. The largest absolute Gasteiger partial charge is 0.507 e. The van der Waals surface area contributed by atoms with Crippen molar-refractivity contribution in [2.45, 2.75) is 13.3 Å². The molecule has 1 unspecified atom stereocenters. The number of aryl methyl sites for hydroxylation is 1. The van der Waals surface area contributed by atoms with Crippen LogP contribution in [-0.2, 0) is 9.59 Å². The lowest BCUT2D eigenvalue weighted by Gasteiger charge is -2.18. The number of benzene rings is 1. The molecule has 0 bridgehead atoms. The highest BCUT2D eigenvalue weighted by Gasteiger charge is 2.35. The molecule has 7 nitrogen and oxygen atoms in total. The fourth-order valence-corrected chi connectivity index (χ4v) is 2.20. The summed E-state index contributed by atoms with van der Waals surface area (Å²) in [5, 5.41) is 27.6. The molecule has 3 N–H and O–H groups in total. The Kier molecular flexibility index (Phi) is 3.35. The molecule has 7 heteroatoms. The van der Waals surface area contributed by atoms with Crippen LogP contribution in [0.3, 0.4) is 0 Å². The van der Waals surface area contributed by atoms with Gasteiger partial charge >= 0.3 is 11.9 Å².